The van der Waals surface area contributed by atoms with E-state index in [-0.39, 0.29) is 35.0 Å². The standard InChI is InChI=1S/C17H23F2N3O4.ClH/c1-25-14-6-12(8-21-5-3-17(11-21)2-4-20-10-17)13(22(23)24)7-15(14)26-9-16(18)19;/h6-7,16,20H,2-5,8-11H2,1H3;1H. The van der Waals surface area contributed by atoms with Gasteiger partial charge in [-0.1, -0.05) is 0 Å². The molecule has 2 aliphatic heterocycles. The van der Waals surface area contributed by atoms with E-state index >= 15 is 0 Å². The van der Waals surface area contributed by atoms with Crippen LogP contribution < -0.4 is 14.8 Å². The van der Waals surface area contributed by atoms with Crippen LogP contribution in [-0.2, 0) is 6.54 Å². The van der Waals surface area contributed by atoms with E-state index in [9.17, 15) is 18.9 Å². The van der Waals surface area contributed by atoms with E-state index in [1.807, 2.05) is 0 Å². The molecule has 27 heavy (non-hydrogen) atoms. The lowest BCUT2D eigenvalue weighted by atomic mass is 9.86. The molecule has 3 rings (SSSR count). The van der Waals surface area contributed by atoms with Gasteiger partial charge < -0.3 is 14.8 Å². The first-order valence-corrected chi connectivity index (χ1v) is 8.62. The van der Waals surface area contributed by atoms with E-state index in [0.717, 1.165) is 39.0 Å². The number of nitrogens with zero attached hydrogens (tertiary/aromatic N) is 2. The highest BCUT2D eigenvalue weighted by Crippen LogP contribution is 2.39. The molecule has 2 heterocycles. The Bertz CT molecular complexity index is 672. The van der Waals surface area contributed by atoms with E-state index in [2.05, 4.69) is 10.2 Å². The number of rotatable bonds is 7. The van der Waals surface area contributed by atoms with Crippen LogP contribution in [0.25, 0.3) is 0 Å². The Morgan fingerprint density at radius 3 is 2.74 bits per heavy atom. The summed E-state index contributed by atoms with van der Waals surface area (Å²) in [7, 11) is 1.38. The van der Waals surface area contributed by atoms with Gasteiger partial charge in [-0.25, -0.2) is 8.78 Å². The molecule has 0 aliphatic carbocycles. The molecule has 0 saturated carbocycles. The molecule has 1 unspecified atom stereocenters. The van der Waals surface area contributed by atoms with Gasteiger partial charge in [0.25, 0.3) is 12.1 Å². The maximum absolute atomic E-state index is 12.4. The minimum atomic E-state index is -2.67. The van der Waals surface area contributed by atoms with E-state index in [1.54, 1.807) is 0 Å². The number of hydrogen-bond acceptors (Lipinski definition) is 6. The van der Waals surface area contributed by atoms with Gasteiger partial charge in [-0.05, 0) is 37.4 Å². The molecule has 0 amide bonds. The number of methoxy groups -OCH3 is 1. The van der Waals surface area contributed by atoms with Crippen LogP contribution in [-0.4, -0.2) is 56.1 Å². The smallest absolute Gasteiger partial charge is 0.277 e. The Kier molecular flexibility index (Phi) is 7.19. The molecule has 1 atom stereocenters. The number of nitrogens with one attached hydrogen (secondary N) is 1. The fourth-order valence-electron chi connectivity index (χ4n) is 3.86. The third kappa shape index (κ3) is 4.97. The minimum absolute atomic E-state index is 0. The highest BCUT2D eigenvalue weighted by molar-refractivity contribution is 5.85. The van der Waals surface area contributed by atoms with Crippen molar-refractivity contribution in [1.82, 2.24) is 10.2 Å². The molecule has 10 heteroatoms. The molecule has 152 valence electrons. The van der Waals surface area contributed by atoms with Gasteiger partial charge in [0, 0.05) is 25.2 Å². The van der Waals surface area contributed by atoms with Gasteiger partial charge in [0.2, 0.25) is 0 Å². The molecule has 1 N–H and O–H groups in total. The second-order valence-electron chi connectivity index (χ2n) is 6.98. The summed E-state index contributed by atoms with van der Waals surface area (Å²) in [6, 6.07) is 2.70. The van der Waals surface area contributed by atoms with Gasteiger partial charge in [0.1, 0.15) is 6.61 Å². The van der Waals surface area contributed by atoms with Crippen molar-refractivity contribution in [3.63, 3.8) is 0 Å². The summed E-state index contributed by atoms with van der Waals surface area (Å²) in [5.41, 5.74) is 0.624. The summed E-state index contributed by atoms with van der Waals surface area (Å²) < 4.78 is 35.0. The summed E-state index contributed by atoms with van der Waals surface area (Å²) in [5.74, 6) is 0.184. The lowest BCUT2D eigenvalue weighted by Crippen LogP contribution is -2.29. The Labute approximate surface area is 162 Å². The van der Waals surface area contributed by atoms with Gasteiger partial charge >= 0.3 is 0 Å². The van der Waals surface area contributed by atoms with Gasteiger partial charge in [0.05, 0.1) is 18.1 Å². The zero-order chi connectivity index (χ0) is 18.7. The zero-order valence-corrected chi connectivity index (χ0v) is 15.9. The lowest BCUT2D eigenvalue weighted by Gasteiger charge is -2.23. The fraction of sp³-hybridized carbons (Fsp3) is 0.647. The molecule has 0 radical (unpaired) electrons. The Morgan fingerprint density at radius 2 is 2.15 bits per heavy atom. The van der Waals surface area contributed by atoms with Crippen LogP contribution in [0.2, 0.25) is 0 Å². The van der Waals surface area contributed by atoms with Gasteiger partial charge in [-0.3, -0.25) is 15.0 Å². The summed E-state index contributed by atoms with van der Waals surface area (Å²) >= 11 is 0. The first-order valence-electron chi connectivity index (χ1n) is 8.62. The molecule has 2 aliphatic rings. The van der Waals surface area contributed by atoms with E-state index in [1.165, 1.54) is 19.2 Å². The second kappa shape index (κ2) is 8.99. The number of hydrogen-bond donors (Lipinski definition) is 1. The van der Waals surface area contributed by atoms with Crippen molar-refractivity contribution < 1.29 is 23.2 Å². The maximum atomic E-state index is 12.4. The number of likely N-dealkylation sites (tertiary alicyclic amines) is 1. The molecule has 2 fully saturated rings. The average molecular weight is 408 g/mol. The van der Waals surface area contributed by atoms with Crippen LogP contribution >= 0.6 is 12.4 Å². The molecule has 2 saturated heterocycles. The highest BCUT2D eigenvalue weighted by Gasteiger charge is 2.40. The Morgan fingerprint density at radius 1 is 1.37 bits per heavy atom. The van der Waals surface area contributed by atoms with Crippen molar-refractivity contribution in [2.45, 2.75) is 25.8 Å². The third-order valence-electron chi connectivity index (χ3n) is 5.17. The van der Waals surface area contributed by atoms with Crippen LogP contribution in [0.4, 0.5) is 14.5 Å². The van der Waals surface area contributed by atoms with E-state index in [0.29, 0.717) is 12.1 Å². The lowest BCUT2D eigenvalue weighted by molar-refractivity contribution is -0.385. The van der Waals surface area contributed by atoms with Crippen LogP contribution in [0, 0.1) is 15.5 Å². The monoisotopic (exact) mass is 407 g/mol. The van der Waals surface area contributed by atoms with Gasteiger partial charge in [-0.2, -0.15) is 0 Å². The summed E-state index contributed by atoms with van der Waals surface area (Å²) in [6.07, 6.45) is -0.477. The third-order valence-corrected chi connectivity index (χ3v) is 5.17. The second-order valence-corrected chi connectivity index (χ2v) is 6.98. The number of nitro benzene ring substituents is 1. The average Bonchev–Trinajstić information content (AvgIpc) is 3.22. The van der Waals surface area contributed by atoms with Crippen molar-refractivity contribution >= 4 is 18.1 Å². The largest absolute Gasteiger partial charge is 0.493 e. The molecular formula is C17H24ClF2N3O4. The van der Waals surface area contributed by atoms with Crippen molar-refractivity contribution in [2.75, 3.05) is 39.9 Å². The van der Waals surface area contributed by atoms with Gasteiger partial charge in [-0.15, -0.1) is 12.4 Å². The van der Waals surface area contributed by atoms with Crippen LogP contribution in [0.1, 0.15) is 18.4 Å². The normalized spacial score (nSPS) is 22.2. The van der Waals surface area contributed by atoms with Crippen molar-refractivity contribution in [3.05, 3.63) is 27.8 Å². The molecule has 7 nitrogen and oxygen atoms in total. The van der Waals surface area contributed by atoms with Crippen LogP contribution in [0.5, 0.6) is 11.5 Å². The number of halogens is 3. The maximum Gasteiger partial charge on any atom is 0.277 e. The quantitative estimate of drug-likeness (QED) is 0.553. The molecule has 0 aromatic heterocycles. The zero-order valence-electron chi connectivity index (χ0n) is 15.1. The SMILES string of the molecule is COc1cc(CN2CCC3(CCNC3)C2)c([N+](=O)[O-])cc1OCC(F)F.Cl. The Hall–Kier alpha value is -1.71. The van der Waals surface area contributed by atoms with Crippen LogP contribution in [0.15, 0.2) is 12.1 Å². The van der Waals surface area contributed by atoms with Crippen molar-refractivity contribution in [1.29, 1.82) is 0 Å². The van der Waals surface area contributed by atoms with E-state index < -0.39 is 18.0 Å². The van der Waals surface area contributed by atoms with Crippen LogP contribution in [0.3, 0.4) is 0 Å². The molecule has 1 spiro atoms. The van der Waals surface area contributed by atoms with E-state index in [4.69, 9.17) is 9.47 Å². The van der Waals surface area contributed by atoms with Crippen molar-refractivity contribution in [2.24, 2.45) is 5.41 Å². The fourth-order valence-corrected chi connectivity index (χ4v) is 3.86. The number of nitro groups is 1. The molecule has 0 bridgehead atoms. The molecule has 1 aromatic carbocycles. The molecule has 1 aromatic rings. The number of alkyl halides is 2. The first kappa shape index (κ1) is 21.6. The Balaban J connectivity index is 0.00000261. The topological polar surface area (TPSA) is 76.9 Å². The molecular weight excluding hydrogens is 384 g/mol. The van der Waals surface area contributed by atoms with Gasteiger partial charge in [0.15, 0.2) is 11.5 Å². The first-order chi connectivity index (χ1) is 12.4. The predicted octanol–water partition coefficient (Wildman–Crippen LogP) is 2.85. The summed E-state index contributed by atoms with van der Waals surface area (Å²) in [6.45, 7) is 3.35. The highest BCUT2D eigenvalue weighted by atomic mass is 35.5. The minimum Gasteiger partial charge on any atom is -0.493 e. The predicted molar refractivity (Wildman–Crippen MR) is 98.2 cm³/mol. The number of ether oxygens (including phenoxy) is 2. The summed E-state index contributed by atoms with van der Waals surface area (Å²) in [4.78, 5) is 13.2. The number of benzene rings is 1. The van der Waals surface area contributed by atoms with Crippen molar-refractivity contribution in [3.8, 4) is 11.5 Å². The summed E-state index contributed by atoms with van der Waals surface area (Å²) in [5, 5.41) is 14.9.